The molecule has 0 aliphatic carbocycles. The van der Waals surface area contributed by atoms with Gasteiger partial charge < -0.3 is 9.13 Å². The van der Waals surface area contributed by atoms with E-state index in [-0.39, 0.29) is 0 Å². The molecule has 4 heterocycles. The molecule has 0 radical (unpaired) electrons. The van der Waals surface area contributed by atoms with E-state index in [4.69, 9.17) is 0 Å². The van der Waals surface area contributed by atoms with Gasteiger partial charge in [0, 0.05) is 22.1 Å². The van der Waals surface area contributed by atoms with Crippen LogP contribution in [0, 0.1) is 0 Å². The minimum atomic E-state index is 1.18. The minimum absolute atomic E-state index is 1.18. The number of benzene rings is 3. The molecule has 0 N–H and O–H groups in total. The minimum Gasteiger partial charge on any atom is -0.308 e. The lowest BCUT2D eigenvalue weighted by Gasteiger charge is -2.10. The van der Waals surface area contributed by atoms with Crippen LogP contribution in [0.2, 0.25) is 0 Å². The molecule has 0 amide bonds. The van der Waals surface area contributed by atoms with Crippen LogP contribution in [0.15, 0.2) is 83.6 Å². The third-order valence-corrected chi connectivity index (χ3v) is 13.8. The van der Waals surface area contributed by atoms with Crippen LogP contribution < -0.4 is 0 Å². The van der Waals surface area contributed by atoms with Crippen molar-refractivity contribution in [3.63, 3.8) is 0 Å². The fourth-order valence-electron chi connectivity index (χ4n) is 8.74. The van der Waals surface area contributed by atoms with Crippen LogP contribution in [0.4, 0.5) is 0 Å². The van der Waals surface area contributed by atoms with Crippen molar-refractivity contribution in [2.75, 3.05) is 0 Å². The van der Waals surface area contributed by atoms with Crippen molar-refractivity contribution >= 4 is 64.9 Å². The quantitative estimate of drug-likeness (QED) is 0.0544. The molecule has 0 unspecified atom stereocenters. The number of aryl methyl sites for hydroxylation is 2. The molecule has 2 nitrogen and oxygen atoms in total. The predicted molar refractivity (Wildman–Crippen MR) is 242 cm³/mol. The van der Waals surface area contributed by atoms with Crippen molar-refractivity contribution in [2.24, 2.45) is 0 Å². The van der Waals surface area contributed by atoms with Gasteiger partial charge >= 0.3 is 0 Å². The summed E-state index contributed by atoms with van der Waals surface area (Å²) in [4.78, 5) is 0. The van der Waals surface area contributed by atoms with Crippen molar-refractivity contribution in [3.05, 3.63) is 94.7 Å². The van der Waals surface area contributed by atoms with Gasteiger partial charge in [-0.15, -0.1) is 22.7 Å². The van der Waals surface area contributed by atoms with Crippen molar-refractivity contribution < 1.29 is 0 Å². The van der Waals surface area contributed by atoms with E-state index in [0.717, 1.165) is 0 Å². The van der Waals surface area contributed by atoms with E-state index in [0.29, 0.717) is 0 Å². The third-order valence-electron chi connectivity index (χ3n) is 11.9. The highest BCUT2D eigenvalue weighted by atomic mass is 32.1. The number of unbranched alkanes of at least 4 members (excludes halogenated alkanes) is 18. The fourth-order valence-corrected chi connectivity index (χ4v) is 10.6. The van der Waals surface area contributed by atoms with Gasteiger partial charge in [0.1, 0.15) is 0 Å². The topological polar surface area (TPSA) is 9.86 Å². The summed E-state index contributed by atoms with van der Waals surface area (Å²) >= 11 is 3.74. The normalized spacial score (nSPS) is 12.0. The van der Waals surface area contributed by atoms with Crippen LogP contribution in [0.5, 0.6) is 0 Å². The molecule has 54 heavy (non-hydrogen) atoms. The van der Waals surface area contributed by atoms with E-state index in [1.54, 1.807) is 0 Å². The van der Waals surface area contributed by atoms with Gasteiger partial charge in [-0.25, -0.2) is 0 Å². The van der Waals surface area contributed by atoms with Crippen LogP contribution in [-0.4, -0.2) is 9.13 Å². The Bertz CT molecular complexity index is 2000. The predicted octanol–water partition coefficient (Wildman–Crippen LogP) is 16.9. The number of thiophene rings is 2. The largest absolute Gasteiger partial charge is 0.308 e. The number of aromatic nitrogens is 2. The van der Waals surface area contributed by atoms with Gasteiger partial charge in [0.25, 0.3) is 0 Å². The smallest absolute Gasteiger partial charge is 0.0648 e. The fraction of sp³-hybridized carbons (Fsp3) is 0.480. The molecule has 0 aliphatic rings. The maximum absolute atomic E-state index is 2.50. The van der Waals surface area contributed by atoms with E-state index in [1.807, 2.05) is 22.7 Å². The number of rotatable bonds is 24. The Balaban J connectivity index is 1.02. The lowest BCUT2D eigenvalue weighted by Crippen LogP contribution is -1.96. The Kier molecular flexibility index (Phi) is 14.4. The van der Waals surface area contributed by atoms with Gasteiger partial charge in [0.05, 0.1) is 31.5 Å². The van der Waals surface area contributed by atoms with Crippen molar-refractivity contribution in [1.29, 1.82) is 0 Å². The van der Waals surface area contributed by atoms with E-state index in [2.05, 4.69) is 107 Å². The van der Waals surface area contributed by atoms with Crippen LogP contribution >= 0.6 is 22.7 Å². The van der Waals surface area contributed by atoms with Crippen molar-refractivity contribution in [3.8, 4) is 11.4 Å². The van der Waals surface area contributed by atoms with Crippen LogP contribution in [-0.2, 0) is 12.8 Å². The Morgan fingerprint density at radius 1 is 0.370 bits per heavy atom. The maximum Gasteiger partial charge on any atom is 0.0648 e. The van der Waals surface area contributed by atoms with Crippen LogP contribution in [0.1, 0.15) is 153 Å². The Hall–Kier alpha value is -3.34. The average Bonchev–Trinajstić information content (AvgIpc) is 3.99. The van der Waals surface area contributed by atoms with E-state index in [1.165, 1.54) is 206 Å². The lowest BCUT2D eigenvalue weighted by molar-refractivity contribution is 0.556. The summed E-state index contributed by atoms with van der Waals surface area (Å²) in [5.41, 5.74) is 10.7. The summed E-state index contributed by atoms with van der Waals surface area (Å²) in [7, 11) is 0. The lowest BCUT2D eigenvalue weighted by atomic mass is 10.0. The summed E-state index contributed by atoms with van der Waals surface area (Å²) in [6.45, 7) is 4.60. The second kappa shape index (κ2) is 20.0. The first-order valence-electron chi connectivity index (χ1n) is 21.9. The van der Waals surface area contributed by atoms with Crippen molar-refractivity contribution in [1.82, 2.24) is 9.13 Å². The SMILES string of the molecule is CCCCCCCCCCCCc1ccc(-n2c3cc4c5sccc5n(-c5ccc(CCCCCCCCCCCC)cc5)c4cc3c3sccc32)cc1. The molecule has 7 aromatic rings. The molecule has 4 aromatic heterocycles. The van der Waals surface area contributed by atoms with Crippen LogP contribution in [0.25, 0.3) is 53.6 Å². The molecule has 0 saturated carbocycles. The van der Waals surface area contributed by atoms with Gasteiger partial charge in [-0.2, -0.15) is 0 Å². The summed E-state index contributed by atoms with van der Waals surface area (Å²) < 4.78 is 7.77. The van der Waals surface area contributed by atoms with Crippen LogP contribution in [0.3, 0.4) is 0 Å². The second-order valence-electron chi connectivity index (χ2n) is 16.0. The summed E-state index contributed by atoms with van der Waals surface area (Å²) in [6.07, 6.45) is 30.1. The number of nitrogens with zero attached hydrogens (tertiary/aromatic N) is 2. The highest BCUT2D eigenvalue weighted by molar-refractivity contribution is 7.18. The molecular formula is C50H64N2S2. The average molecular weight is 757 g/mol. The van der Waals surface area contributed by atoms with Crippen molar-refractivity contribution in [2.45, 2.75) is 155 Å². The Morgan fingerprint density at radius 2 is 0.704 bits per heavy atom. The molecule has 286 valence electrons. The zero-order valence-corrected chi connectivity index (χ0v) is 35.0. The molecule has 0 spiro atoms. The monoisotopic (exact) mass is 756 g/mol. The number of fused-ring (bicyclic) bond motifs is 6. The molecule has 0 saturated heterocycles. The molecule has 0 aliphatic heterocycles. The van der Waals surface area contributed by atoms with E-state index < -0.39 is 0 Å². The number of hydrogen-bond acceptors (Lipinski definition) is 2. The first-order chi connectivity index (χ1) is 26.8. The van der Waals surface area contributed by atoms with Gasteiger partial charge in [-0.1, -0.05) is 154 Å². The second-order valence-corrected chi connectivity index (χ2v) is 17.9. The van der Waals surface area contributed by atoms with E-state index in [9.17, 15) is 0 Å². The molecule has 0 bridgehead atoms. The van der Waals surface area contributed by atoms with Gasteiger partial charge in [-0.05, 0) is 96.1 Å². The van der Waals surface area contributed by atoms with Gasteiger partial charge in [0.2, 0.25) is 0 Å². The molecule has 7 rings (SSSR count). The van der Waals surface area contributed by atoms with Gasteiger partial charge in [-0.3, -0.25) is 0 Å². The zero-order valence-electron chi connectivity index (χ0n) is 33.4. The Morgan fingerprint density at radius 3 is 1.06 bits per heavy atom. The molecule has 3 aromatic carbocycles. The van der Waals surface area contributed by atoms with Gasteiger partial charge in [0.15, 0.2) is 0 Å². The Labute approximate surface area is 333 Å². The zero-order chi connectivity index (χ0) is 37.0. The molecule has 0 fully saturated rings. The summed E-state index contributed by atoms with van der Waals surface area (Å²) in [5, 5.41) is 7.22. The molecule has 0 atom stereocenters. The molecule has 4 heteroatoms. The standard InChI is InChI=1S/C50H64N2S2/c1-3-5-7-9-11-13-15-17-19-21-23-39-25-29-41(30-26-39)51-45-33-35-53-49(45)43-38-48-44(37-47(43)51)50-46(34-36-54-50)52(48)42-31-27-40(28-32-42)24-22-20-18-16-14-12-10-8-6-4-2/h25-38H,3-24H2,1-2H3. The third kappa shape index (κ3) is 9.36. The summed E-state index contributed by atoms with van der Waals surface area (Å²) in [6, 6.07) is 28.5. The number of hydrogen-bond donors (Lipinski definition) is 0. The maximum atomic E-state index is 2.50. The highest BCUT2D eigenvalue weighted by Crippen LogP contribution is 2.42. The highest BCUT2D eigenvalue weighted by Gasteiger charge is 2.19. The summed E-state index contributed by atoms with van der Waals surface area (Å²) in [5.74, 6) is 0. The van der Waals surface area contributed by atoms with E-state index >= 15 is 0 Å². The molecular weight excluding hydrogens is 693 g/mol. The first-order valence-corrected chi connectivity index (χ1v) is 23.6. The first kappa shape index (κ1) is 38.9.